The van der Waals surface area contributed by atoms with Crippen molar-refractivity contribution in [2.45, 2.75) is 41.2 Å². The van der Waals surface area contributed by atoms with Crippen LogP contribution in [0.15, 0.2) is 53.9 Å². The predicted molar refractivity (Wildman–Crippen MR) is 133 cm³/mol. The van der Waals surface area contributed by atoms with Crippen molar-refractivity contribution in [2.24, 2.45) is 0 Å². The molecule has 4 rings (SSSR count). The number of aromatic nitrogens is 3. The van der Waals surface area contributed by atoms with Gasteiger partial charge in [-0.1, -0.05) is 12.1 Å². The summed E-state index contributed by atoms with van der Waals surface area (Å²) in [5.41, 5.74) is 6.78. The molecule has 0 unspecified atom stereocenters. The van der Waals surface area contributed by atoms with Crippen molar-refractivity contribution in [2.75, 3.05) is 4.90 Å². The number of carbonyl (C=O) groups excluding carboxylic acids is 2. The predicted octanol–water partition coefficient (Wildman–Crippen LogP) is 5.60. The third-order valence-electron chi connectivity index (χ3n) is 5.57. The molecule has 0 bridgehead atoms. The number of thiazole rings is 1. The number of hydrogen-bond donors (Lipinski definition) is 0. The maximum Gasteiger partial charge on any atom is 0.338 e. The Morgan fingerprint density at radius 2 is 1.79 bits per heavy atom. The highest BCUT2D eigenvalue weighted by atomic mass is 32.1. The van der Waals surface area contributed by atoms with Gasteiger partial charge >= 0.3 is 5.97 Å². The summed E-state index contributed by atoms with van der Waals surface area (Å²) in [7, 11) is 0. The molecule has 0 saturated heterocycles. The van der Waals surface area contributed by atoms with Crippen molar-refractivity contribution in [1.82, 2.24) is 14.8 Å². The molecule has 2 aromatic heterocycles. The molecule has 0 fully saturated rings. The Labute approximate surface area is 202 Å². The fourth-order valence-corrected chi connectivity index (χ4v) is 4.57. The van der Waals surface area contributed by atoms with Crippen molar-refractivity contribution in [3.8, 4) is 5.69 Å². The van der Waals surface area contributed by atoms with Crippen LogP contribution in [-0.4, -0.2) is 26.6 Å². The minimum absolute atomic E-state index is 0.0209. The zero-order valence-electron chi connectivity index (χ0n) is 19.8. The second kappa shape index (κ2) is 9.61. The van der Waals surface area contributed by atoms with Crippen LogP contribution in [0.4, 0.5) is 10.8 Å². The highest BCUT2D eigenvalue weighted by Gasteiger charge is 2.20. The van der Waals surface area contributed by atoms with Crippen LogP contribution in [0, 0.1) is 27.7 Å². The molecule has 34 heavy (non-hydrogen) atoms. The van der Waals surface area contributed by atoms with E-state index < -0.39 is 5.97 Å². The Morgan fingerprint density at radius 1 is 1.06 bits per heavy atom. The van der Waals surface area contributed by atoms with E-state index in [4.69, 9.17) is 4.74 Å². The maximum atomic E-state index is 12.6. The number of hydrogen-bond acceptors (Lipinski definition) is 6. The Bertz CT molecular complexity index is 1350. The lowest BCUT2D eigenvalue weighted by Gasteiger charge is -2.21. The molecule has 0 aliphatic carbocycles. The summed E-state index contributed by atoms with van der Waals surface area (Å²) in [6.45, 7) is 9.45. The molecule has 7 nitrogen and oxygen atoms in total. The van der Waals surface area contributed by atoms with Crippen LogP contribution in [0.25, 0.3) is 5.69 Å². The lowest BCUT2D eigenvalue weighted by atomic mass is 10.1. The first-order chi connectivity index (χ1) is 16.2. The van der Waals surface area contributed by atoms with Gasteiger partial charge in [-0.25, -0.2) is 14.5 Å². The molecule has 0 saturated carbocycles. The van der Waals surface area contributed by atoms with E-state index in [-0.39, 0.29) is 12.5 Å². The Kier molecular flexibility index (Phi) is 6.61. The summed E-state index contributed by atoms with van der Waals surface area (Å²) in [4.78, 5) is 31.1. The molecule has 0 spiro atoms. The average molecular weight is 475 g/mol. The van der Waals surface area contributed by atoms with Gasteiger partial charge in [0.2, 0.25) is 5.91 Å². The molecule has 0 aliphatic heterocycles. The van der Waals surface area contributed by atoms with Crippen molar-refractivity contribution >= 4 is 34.0 Å². The quantitative estimate of drug-likeness (QED) is 0.340. The minimum Gasteiger partial charge on any atom is -0.456 e. The lowest BCUT2D eigenvalue weighted by Crippen LogP contribution is -2.23. The van der Waals surface area contributed by atoms with Gasteiger partial charge < -0.3 is 4.74 Å². The largest absolute Gasteiger partial charge is 0.456 e. The van der Waals surface area contributed by atoms with E-state index in [0.29, 0.717) is 16.4 Å². The first kappa shape index (κ1) is 23.4. The van der Waals surface area contributed by atoms with E-state index in [0.717, 1.165) is 33.9 Å². The summed E-state index contributed by atoms with van der Waals surface area (Å²) in [6, 6.07) is 14.9. The van der Waals surface area contributed by atoms with E-state index in [1.54, 1.807) is 22.4 Å². The van der Waals surface area contributed by atoms with E-state index in [1.165, 1.54) is 18.3 Å². The van der Waals surface area contributed by atoms with Gasteiger partial charge in [0.1, 0.15) is 6.61 Å². The highest BCUT2D eigenvalue weighted by molar-refractivity contribution is 7.14. The summed E-state index contributed by atoms with van der Waals surface area (Å²) < 4.78 is 7.30. The number of nitrogens with zero attached hydrogens (tertiary/aromatic N) is 4. The second-order valence-electron chi connectivity index (χ2n) is 8.16. The normalized spacial score (nSPS) is 10.9. The standard InChI is InChI=1S/C26H26N4O3S/c1-16-7-6-8-24(19(16)4)29(20(5)31)26-27-22(15-34-26)14-33-25(32)21-9-11-23(12-10-21)30-18(3)13-17(2)28-30/h6-13,15H,14H2,1-5H3. The van der Waals surface area contributed by atoms with E-state index in [9.17, 15) is 9.59 Å². The molecular formula is C26H26N4O3S. The number of aryl methyl sites for hydroxylation is 3. The smallest absolute Gasteiger partial charge is 0.338 e. The summed E-state index contributed by atoms with van der Waals surface area (Å²) in [5, 5.41) is 6.80. The van der Waals surface area contributed by atoms with Crippen LogP contribution in [0.5, 0.6) is 0 Å². The molecule has 1 amide bonds. The number of esters is 1. The third-order valence-corrected chi connectivity index (χ3v) is 6.45. The topological polar surface area (TPSA) is 77.3 Å². The fraction of sp³-hybridized carbons (Fsp3) is 0.231. The summed E-state index contributed by atoms with van der Waals surface area (Å²) in [5.74, 6) is -0.568. The first-order valence-corrected chi connectivity index (χ1v) is 11.7. The zero-order valence-corrected chi connectivity index (χ0v) is 20.6. The number of benzene rings is 2. The number of anilines is 2. The number of carbonyl (C=O) groups is 2. The maximum absolute atomic E-state index is 12.6. The van der Waals surface area contributed by atoms with Crippen LogP contribution in [-0.2, 0) is 16.1 Å². The van der Waals surface area contributed by atoms with Gasteiger partial charge in [0.15, 0.2) is 5.13 Å². The van der Waals surface area contributed by atoms with Crippen LogP contribution in [0.3, 0.4) is 0 Å². The SMILES string of the molecule is CC(=O)N(c1nc(COC(=O)c2ccc(-n3nc(C)cc3C)cc2)cs1)c1cccc(C)c1C. The molecule has 0 atom stereocenters. The van der Waals surface area contributed by atoms with Gasteiger partial charge in [-0.05, 0) is 75.2 Å². The van der Waals surface area contributed by atoms with Crippen LogP contribution in [0.2, 0.25) is 0 Å². The van der Waals surface area contributed by atoms with Gasteiger partial charge in [0.05, 0.1) is 28.3 Å². The van der Waals surface area contributed by atoms with Crippen molar-refractivity contribution in [3.05, 3.63) is 87.7 Å². The third kappa shape index (κ3) is 4.77. The molecule has 0 radical (unpaired) electrons. The fourth-order valence-electron chi connectivity index (χ4n) is 3.70. The van der Waals surface area contributed by atoms with E-state index in [2.05, 4.69) is 10.1 Å². The highest BCUT2D eigenvalue weighted by Crippen LogP contribution is 2.32. The molecule has 0 aliphatic rings. The van der Waals surface area contributed by atoms with Crippen LogP contribution in [0.1, 0.15) is 45.5 Å². The van der Waals surface area contributed by atoms with Crippen molar-refractivity contribution < 1.29 is 14.3 Å². The van der Waals surface area contributed by atoms with Crippen molar-refractivity contribution in [1.29, 1.82) is 0 Å². The van der Waals surface area contributed by atoms with Crippen LogP contribution >= 0.6 is 11.3 Å². The Hall–Kier alpha value is -3.78. The number of amides is 1. The number of rotatable bonds is 6. The zero-order chi connectivity index (χ0) is 24.4. The van der Waals surface area contributed by atoms with Gasteiger partial charge in [-0.3, -0.25) is 9.69 Å². The summed E-state index contributed by atoms with van der Waals surface area (Å²) >= 11 is 1.34. The lowest BCUT2D eigenvalue weighted by molar-refractivity contribution is -0.115. The first-order valence-electron chi connectivity index (χ1n) is 10.9. The van der Waals surface area contributed by atoms with Gasteiger partial charge in [0.25, 0.3) is 0 Å². The molecular weight excluding hydrogens is 448 g/mol. The van der Waals surface area contributed by atoms with Crippen LogP contribution < -0.4 is 4.90 Å². The van der Waals surface area contributed by atoms with Gasteiger partial charge in [0, 0.05) is 18.0 Å². The van der Waals surface area contributed by atoms with Gasteiger partial charge in [-0.15, -0.1) is 11.3 Å². The Balaban J connectivity index is 1.45. The molecule has 0 N–H and O–H groups in total. The Morgan fingerprint density at radius 3 is 2.44 bits per heavy atom. The average Bonchev–Trinajstić information content (AvgIpc) is 3.40. The summed E-state index contributed by atoms with van der Waals surface area (Å²) in [6.07, 6.45) is 0. The molecule has 4 aromatic rings. The van der Waals surface area contributed by atoms with E-state index in [1.807, 2.05) is 68.8 Å². The molecule has 174 valence electrons. The van der Waals surface area contributed by atoms with Crippen molar-refractivity contribution in [3.63, 3.8) is 0 Å². The molecule has 2 aromatic carbocycles. The number of ether oxygens (including phenoxy) is 1. The van der Waals surface area contributed by atoms with Gasteiger partial charge in [-0.2, -0.15) is 5.10 Å². The molecule has 2 heterocycles. The monoisotopic (exact) mass is 474 g/mol. The minimum atomic E-state index is -0.438. The second-order valence-corrected chi connectivity index (χ2v) is 8.99. The molecule has 8 heteroatoms. The van der Waals surface area contributed by atoms with E-state index >= 15 is 0 Å².